The lowest BCUT2D eigenvalue weighted by molar-refractivity contribution is 0.102. The Kier molecular flexibility index (Phi) is 9.05. The standard InChI is InChI=1S/C29H31Cl2N5O2/c1-5-36(6-2)16-15-35(3)27-29(38-4)34-26-18-22(12-14-25(26)33-27)32-28(37)20-9-7-19(8-10-20)21-11-13-23(30)24(31)17-21/h7-14,17-18H,5-6,15-16H2,1-4H3,(H,32,37). The number of carbonyl (C=O) groups excluding carboxylic acids is 1. The lowest BCUT2D eigenvalue weighted by Gasteiger charge is -2.24. The van der Waals surface area contributed by atoms with E-state index in [9.17, 15) is 4.79 Å². The van der Waals surface area contributed by atoms with Crippen LogP contribution in [0.1, 0.15) is 24.2 Å². The Labute approximate surface area is 233 Å². The van der Waals surface area contributed by atoms with E-state index in [1.54, 1.807) is 37.4 Å². The molecule has 0 bridgehead atoms. The van der Waals surface area contributed by atoms with Crippen LogP contribution >= 0.6 is 23.2 Å². The molecule has 9 heteroatoms. The number of nitrogens with zero attached hydrogens (tertiary/aromatic N) is 4. The van der Waals surface area contributed by atoms with E-state index in [-0.39, 0.29) is 5.91 Å². The van der Waals surface area contributed by atoms with E-state index in [1.165, 1.54) is 0 Å². The minimum absolute atomic E-state index is 0.224. The van der Waals surface area contributed by atoms with Gasteiger partial charge in [0.2, 0.25) is 0 Å². The van der Waals surface area contributed by atoms with Crippen LogP contribution in [0.3, 0.4) is 0 Å². The van der Waals surface area contributed by atoms with Crippen molar-refractivity contribution in [3.63, 3.8) is 0 Å². The fourth-order valence-corrected chi connectivity index (χ4v) is 4.42. The van der Waals surface area contributed by atoms with Gasteiger partial charge in [-0.05, 0) is 66.7 Å². The van der Waals surface area contributed by atoms with Crippen molar-refractivity contribution in [3.05, 3.63) is 76.3 Å². The van der Waals surface area contributed by atoms with Crippen LogP contribution in [0, 0.1) is 0 Å². The Morgan fingerprint density at radius 3 is 2.24 bits per heavy atom. The fraction of sp³-hybridized carbons (Fsp3) is 0.276. The molecule has 1 heterocycles. The summed E-state index contributed by atoms with van der Waals surface area (Å²) in [5.74, 6) is 0.907. The molecule has 0 spiro atoms. The fourth-order valence-electron chi connectivity index (χ4n) is 4.12. The molecule has 0 unspecified atom stereocenters. The average Bonchev–Trinajstić information content (AvgIpc) is 2.94. The molecule has 0 saturated heterocycles. The molecule has 0 radical (unpaired) electrons. The molecule has 7 nitrogen and oxygen atoms in total. The maximum Gasteiger partial charge on any atom is 0.257 e. The number of anilines is 2. The van der Waals surface area contributed by atoms with Crippen molar-refractivity contribution in [1.82, 2.24) is 14.9 Å². The predicted octanol–water partition coefficient (Wildman–Crippen LogP) is 6.64. The molecule has 1 amide bonds. The number of halogens is 2. The molecule has 3 aromatic carbocycles. The highest BCUT2D eigenvalue weighted by atomic mass is 35.5. The van der Waals surface area contributed by atoms with Gasteiger partial charge in [0.25, 0.3) is 11.8 Å². The highest BCUT2D eigenvalue weighted by Gasteiger charge is 2.16. The summed E-state index contributed by atoms with van der Waals surface area (Å²) in [4.78, 5) is 26.8. The molecular weight excluding hydrogens is 521 g/mol. The van der Waals surface area contributed by atoms with Gasteiger partial charge in [-0.1, -0.05) is 55.2 Å². The van der Waals surface area contributed by atoms with Gasteiger partial charge in [-0.2, -0.15) is 0 Å². The Hall–Kier alpha value is -3.39. The molecule has 38 heavy (non-hydrogen) atoms. The number of likely N-dealkylation sites (N-methyl/N-ethyl adjacent to an activating group) is 2. The number of hydrogen-bond acceptors (Lipinski definition) is 6. The number of ether oxygens (including phenoxy) is 1. The van der Waals surface area contributed by atoms with Gasteiger partial charge in [0, 0.05) is 31.4 Å². The summed E-state index contributed by atoms with van der Waals surface area (Å²) < 4.78 is 5.55. The summed E-state index contributed by atoms with van der Waals surface area (Å²) in [6.07, 6.45) is 0. The predicted molar refractivity (Wildman–Crippen MR) is 157 cm³/mol. The van der Waals surface area contributed by atoms with E-state index in [2.05, 4.69) is 33.9 Å². The number of carbonyl (C=O) groups is 1. The van der Waals surface area contributed by atoms with Gasteiger partial charge in [0.1, 0.15) is 0 Å². The number of amides is 1. The third-order valence-corrected chi connectivity index (χ3v) is 7.21. The number of aromatic nitrogens is 2. The second-order valence-electron chi connectivity index (χ2n) is 8.87. The van der Waals surface area contributed by atoms with E-state index >= 15 is 0 Å². The number of fused-ring (bicyclic) bond motifs is 1. The second-order valence-corrected chi connectivity index (χ2v) is 9.68. The molecule has 0 fully saturated rings. The smallest absolute Gasteiger partial charge is 0.257 e. The van der Waals surface area contributed by atoms with Gasteiger partial charge in [0.15, 0.2) is 5.82 Å². The number of benzene rings is 3. The molecule has 0 aliphatic rings. The van der Waals surface area contributed by atoms with Crippen LogP contribution in [0.5, 0.6) is 5.88 Å². The third kappa shape index (κ3) is 6.35. The maximum absolute atomic E-state index is 12.9. The number of nitrogens with one attached hydrogen (secondary N) is 1. The van der Waals surface area contributed by atoms with Crippen LogP contribution in [-0.2, 0) is 0 Å². The van der Waals surface area contributed by atoms with Gasteiger partial charge in [-0.25, -0.2) is 9.97 Å². The number of hydrogen-bond donors (Lipinski definition) is 1. The van der Waals surface area contributed by atoms with Crippen LogP contribution in [-0.4, -0.2) is 61.1 Å². The Balaban J connectivity index is 1.49. The van der Waals surface area contributed by atoms with Crippen LogP contribution < -0.4 is 15.0 Å². The first-order chi connectivity index (χ1) is 18.3. The molecule has 0 saturated carbocycles. The molecule has 198 valence electrons. The highest BCUT2D eigenvalue weighted by molar-refractivity contribution is 6.42. The Morgan fingerprint density at radius 2 is 1.58 bits per heavy atom. The van der Waals surface area contributed by atoms with Crippen molar-refractivity contribution >= 4 is 51.6 Å². The lowest BCUT2D eigenvalue weighted by atomic mass is 10.0. The monoisotopic (exact) mass is 551 g/mol. The summed E-state index contributed by atoms with van der Waals surface area (Å²) in [5.41, 5.74) is 4.37. The van der Waals surface area contributed by atoms with Crippen LogP contribution in [0.25, 0.3) is 22.2 Å². The van der Waals surface area contributed by atoms with Gasteiger partial charge < -0.3 is 19.9 Å². The summed E-state index contributed by atoms with van der Waals surface area (Å²) >= 11 is 12.2. The van der Waals surface area contributed by atoms with Gasteiger partial charge in [-0.15, -0.1) is 0 Å². The van der Waals surface area contributed by atoms with Crippen molar-refractivity contribution in [1.29, 1.82) is 0 Å². The van der Waals surface area contributed by atoms with Crippen LogP contribution in [0.15, 0.2) is 60.7 Å². The van der Waals surface area contributed by atoms with E-state index in [0.717, 1.165) is 42.8 Å². The van der Waals surface area contributed by atoms with Crippen molar-refractivity contribution in [2.75, 3.05) is 50.6 Å². The number of rotatable bonds is 10. The Bertz CT molecular complexity index is 1420. The topological polar surface area (TPSA) is 70.6 Å². The largest absolute Gasteiger partial charge is 0.478 e. The number of methoxy groups -OCH3 is 1. The molecule has 1 aromatic heterocycles. The molecule has 4 rings (SSSR count). The molecular formula is C29H31Cl2N5O2. The quantitative estimate of drug-likeness (QED) is 0.238. The molecule has 0 aliphatic carbocycles. The van der Waals surface area contributed by atoms with Gasteiger partial charge in [-0.3, -0.25) is 4.79 Å². The zero-order valence-electron chi connectivity index (χ0n) is 22.0. The summed E-state index contributed by atoms with van der Waals surface area (Å²) in [7, 11) is 3.58. The minimum Gasteiger partial charge on any atom is -0.478 e. The average molecular weight is 553 g/mol. The highest BCUT2D eigenvalue weighted by Crippen LogP contribution is 2.30. The maximum atomic E-state index is 12.9. The van der Waals surface area contributed by atoms with Crippen LogP contribution in [0.4, 0.5) is 11.5 Å². The van der Waals surface area contributed by atoms with E-state index in [0.29, 0.717) is 38.5 Å². The van der Waals surface area contributed by atoms with Gasteiger partial charge >= 0.3 is 0 Å². The van der Waals surface area contributed by atoms with Crippen molar-refractivity contribution in [3.8, 4) is 17.0 Å². The van der Waals surface area contributed by atoms with E-state index in [1.807, 2.05) is 37.4 Å². The molecule has 4 aromatic rings. The Morgan fingerprint density at radius 1 is 0.868 bits per heavy atom. The molecule has 0 aliphatic heterocycles. The summed E-state index contributed by atoms with van der Waals surface area (Å²) in [6.45, 7) is 8.04. The van der Waals surface area contributed by atoms with Crippen molar-refractivity contribution in [2.45, 2.75) is 13.8 Å². The second kappa shape index (κ2) is 12.4. The first-order valence-electron chi connectivity index (χ1n) is 12.5. The van der Waals surface area contributed by atoms with Crippen molar-refractivity contribution in [2.24, 2.45) is 0 Å². The van der Waals surface area contributed by atoms with Crippen molar-refractivity contribution < 1.29 is 9.53 Å². The molecule has 0 atom stereocenters. The normalized spacial score (nSPS) is 11.1. The minimum atomic E-state index is -0.224. The lowest BCUT2D eigenvalue weighted by Crippen LogP contribution is -2.33. The summed E-state index contributed by atoms with van der Waals surface area (Å²) in [5, 5.41) is 3.93. The van der Waals surface area contributed by atoms with E-state index in [4.69, 9.17) is 32.9 Å². The molecule has 1 N–H and O–H groups in total. The zero-order chi connectivity index (χ0) is 27.2. The first kappa shape index (κ1) is 27.6. The van der Waals surface area contributed by atoms with E-state index < -0.39 is 0 Å². The SMILES string of the molecule is CCN(CC)CCN(C)c1nc2ccc(NC(=O)c3ccc(-c4ccc(Cl)c(Cl)c4)cc3)cc2nc1OC. The van der Waals surface area contributed by atoms with Gasteiger partial charge in [0.05, 0.1) is 28.2 Å². The third-order valence-electron chi connectivity index (χ3n) is 6.47. The zero-order valence-corrected chi connectivity index (χ0v) is 23.5. The summed E-state index contributed by atoms with van der Waals surface area (Å²) in [6, 6.07) is 18.2. The first-order valence-corrected chi connectivity index (χ1v) is 13.2. The van der Waals surface area contributed by atoms with Crippen LogP contribution in [0.2, 0.25) is 10.0 Å².